The molecule has 2 rings (SSSR count). The quantitative estimate of drug-likeness (QED) is 0.569. The summed E-state index contributed by atoms with van der Waals surface area (Å²) in [6.45, 7) is 0. The molecule has 0 aliphatic heterocycles. The van der Waals surface area contributed by atoms with Gasteiger partial charge in [-0.1, -0.05) is 0 Å². The Bertz CT molecular complexity index is 576. The largest absolute Gasteiger partial charge is 0.497 e. The van der Waals surface area contributed by atoms with Gasteiger partial charge in [-0.3, -0.25) is 5.41 Å². The molecule has 0 spiro atoms. The molecular weight excluding hydrogens is 226 g/mol. The minimum absolute atomic E-state index is 0.349. The zero-order chi connectivity index (χ0) is 13.1. The van der Waals surface area contributed by atoms with Gasteiger partial charge in [0, 0.05) is 22.5 Å². The van der Waals surface area contributed by atoms with E-state index in [1.165, 1.54) is 0 Å². The Morgan fingerprint density at radius 2 is 1.72 bits per heavy atom. The molecule has 2 aromatic rings. The van der Waals surface area contributed by atoms with Crippen LogP contribution in [0, 0.1) is 5.41 Å². The van der Waals surface area contributed by atoms with Crippen LogP contribution in [0.4, 0.5) is 11.4 Å². The van der Waals surface area contributed by atoms with Crippen molar-refractivity contribution in [3.63, 3.8) is 0 Å². The third kappa shape index (κ3) is 2.27. The fraction of sp³-hybridized carbons (Fsp3) is 0.0714. The number of hydrogen-bond acceptors (Lipinski definition) is 4. The van der Waals surface area contributed by atoms with Crippen molar-refractivity contribution < 1.29 is 4.74 Å². The number of ether oxygens (including phenoxy) is 1. The van der Waals surface area contributed by atoms with E-state index in [1.54, 1.807) is 25.3 Å². The Kier molecular flexibility index (Phi) is 3.19. The minimum Gasteiger partial charge on any atom is -0.497 e. The van der Waals surface area contributed by atoms with Crippen LogP contribution < -0.4 is 16.2 Å². The Morgan fingerprint density at radius 3 is 2.33 bits per heavy atom. The molecule has 4 nitrogen and oxygen atoms in total. The van der Waals surface area contributed by atoms with Gasteiger partial charge in [-0.25, -0.2) is 0 Å². The van der Waals surface area contributed by atoms with Crippen molar-refractivity contribution in [2.24, 2.45) is 0 Å². The number of methoxy groups -OCH3 is 1. The standard InChI is InChI=1S/C14H15N3O/c1-18-11-5-2-9(3-6-11)14(17)12-8-10(15)4-7-13(12)16/h2-8,17H,15-16H2,1H3. The zero-order valence-electron chi connectivity index (χ0n) is 10.1. The molecule has 0 aromatic heterocycles. The minimum atomic E-state index is 0.349. The van der Waals surface area contributed by atoms with Crippen molar-refractivity contribution in [2.45, 2.75) is 0 Å². The highest BCUT2D eigenvalue weighted by Crippen LogP contribution is 2.21. The normalized spacial score (nSPS) is 10.1. The monoisotopic (exact) mass is 241 g/mol. The number of nitrogens with one attached hydrogen (secondary N) is 1. The smallest absolute Gasteiger partial charge is 0.118 e. The first kappa shape index (κ1) is 12.0. The number of rotatable bonds is 3. The van der Waals surface area contributed by atoms with Crippen LogP contribution >= 0.6 is 0 Å². The molecule has 5 N–H and O–H groups in total. The van der Waals surface area contributed by atoms with Crippen LogP contribution in [0.2, 0.25) is 0 Å². The van der Waals surface area contributed by atoms with Crippen molar-refractivity contribution in [1.29, 1.82) is 5.41 Å². The van der Waals surface area contributed by atoms with Crippen LogP contribution in [0.1, 0.15) is 11.1 Å². The lowest BCUT2D eigenvalue weighted by Gasteiger charge is -2.09. The van der Waals surface area contributed by atoms with E-state index in [1.807, 2.05) is 24.3 Å². The molecule has 0 fully saturated rings. The summed E-state index contributed by atoms with van der Waals surface area (Å²) in [4.78, 5) is 0. The second-order valence-corrected chi connectivity index (χ2v) is 3.95. The molecule has 4 heteroatoms. The van der Waals surface area contributed by atoms with Crippen LogP contribution in [0.5, 0.6) is 5.75 Å². The summed E-state index contributed by atoms with van der Waals surface area (Å²) in [7, 11) is 1.61. The molecule has 0 bridgehead atoms. The third-order valence-electron chi connectivity index (χ3n) is 2.73. The van der Waals surface area contributed by atoms with E-state index in [2.05, 4.69) is 0 Å². The van der Waals surface area contributed by atoms with Crippen LogP contribution in [-0.4, -0.2) is 12.8 Å². The number of nitrogens with two attached hydrogens (primary N) is 2. The fourth-order valence-electron chi connectivity index (χ4n) is 1.70. The Morgan fingerprint density at radius 1 is 1.06 bits per heavy atom. The van der Waals surface area contributed by atoms with Crippen molar-refractivity contribution in [3.8, 4) is 5.75 Å². The SMILES string of the molecule is COc1ccc(C(=N)c2cc(N)ccc2N)cc1. The van der Waals surface area contributed by atoms with Gasteiger partial charge in [0.2, 0.25) is 0 Å². The second-order valence-electron chi connectivity index (χ2n) is 3.95. The maximum atomic E-state index is 8.16. The maximum absolute atomic E-state index is 8.16. The van der Waals surface area contributed by atoms with Crippen LogP contribution in [0.25, 0.3) is 0 Å². The lowest BCUT2D eigenvalue weighted by molar-refractivity contribution is 0.415. The lowest BCUT2D eigenvalue weighted by Crippen LogP contribution is -2.06. The molecule has 18 heavy (non-hydrogen) atoms. The van der Waals surface area contributed by atoms with Crippen molar-refractivity contribution in [2.75, 3.05) is 18.6 Å². The second kappa shape index (κ2) is 4.79. The number of benzene rings is 2. The maximum Gasteiger partial charge on any atom is 0.118 e. The van der Waals surface area contributed by atoms with Crippen molar-refractivity contribution >= 4 is 17.1 Å². The third-order valence-corrected chi connectivity index (χ3v) is 2.73. The van der Waals surface area contributed by atoms with Gasteiger partial charge in [-0.05, 0) is 42.5 Å². The molecule has 0 amide bonds. The molecule has 0 aliphatic carbocycles. The molecule has 0 saturated heterocycles. The predicted molar refractivity (Wildman–Crippen MR) is 74.2 cm³/mol. The first-order valence-electron chi connectivity index (χ1n) is 5.50. The van der Waals surface area contributed by atoms with E-state index in [0.717, 1.165) is 11.3 Å². The van der Waals surface area contributed by atoms with Gasteiger partial charge >= 0.3 is 0 Å². The van der Waals surface area contributed by atoms with E-state index in [0.29, 0.717) is 22.6 Å². The number of hydrogen-bond donors (Lipinski definition) is 3. The van der Waals surface area contributed by atoms with Gasteiger partial charge < -0.3 is 16.2 Å². The molecular formula is C14H15N3O. The van der Waals surface area contributed by atoms with Gasteiger partial charge in [0.05, 0.1) is 12.8 Å². The zero-order valence-corrected chi connectivity index (χ0v) is 10.1. The highest BCUT2D eigenvalue weighted by atomic mass is 16.5. The summed E-state index contributed by atoms with van der Waals surface area (Å²) in [6, 6.07) is 12.4. The van der Waals surface area contributed by atoms with Crippen LogP contribution in [0.3, 0.4) is 0 Å². The number of nitrogen functional groups attached to an aromatic ring is 2. The number of anilines is 2. The van der Waals surface area contributed by atoms with E-state index >= 15 is 0 Å². The lowest BCUT2D eigenvalue weighted by atomic mass is 10.0. The van der Waals surface area contributed by atoms with Crippen molar-refractivity contribution in [1.82, 2.24) is 0 Å². The molecule has 92 valence electrons. The van der Waals surface area contributed by atoms with Gasteiger partial charge in [-0.15, -0.1) is 0 Å². The average Bonchev–Trinajstić information content (AvgIpc) is 2.41. The highest BCUT2D eigenvalue weighted by molar-refractivity contribution is 6.14. The summed E-state index contributed by atoms with van der Waals surface area (Å²) < 4.78 is 5.08. The Balaban J connectivity index is 2.38. The average molecular weight is 241 g/mol. The summed E-state index contributed by atoms with van der Waals surface area (Å²) in [5.41, 5.74) is 14.5. The molecule has 0 atom stereocenters. The first-order valence-corrected chi connectivity index (χ1v) is 5.50. The topological polar surface area (TPSA) is 85.1 Å². The van der Waals surface area contributed by atoms with E-state index in [9.17, 15) is 0 Å². The summed E-state index contributed by atoms with van der Waals surface area (Å²) in [5.74, 6) is 0.757. The van der Waals surface area contributed by atoms with E-state index in [-0.39, 0.29) is 0 Å². The molecule has 0 heterocycles. The molecule has 2 aromatic carbocycles. The predicted octanol–water partition coefficient (Wildman–Crippen LogP) is 2.28. The van der Waals surface area contributed by atoms with Gasteiger partial charge in [-0.2, -0.15) is 0 Å². The van der Waals surface area contributed by atoms with Gasteiger partial charge in [0.15, 0.2) is 0 Å². The van der Waals surface area contributed by atoms with Crippen LogP contribution in [-0.2, 0) is 0 Å². The van der Waals surface area contributed by atoms with Crippen LogP contribution in [0.15, 0.2) is 42.5 Å². The Labute approximate surface area is 106 Å². The van der Waals surface area contributed by atoms with Gasteiger partial charge in [0.25, 0.3) is 0 Å². The fourth-order valence-corrected chi connectivity index (χ4v) is 1.70. The van der Waals surface area contributed by atoms with Crippen molar-refractivity contribution in [3.05, 3.63) is 53.6 Å². The highest BCUT2D eigenvalue weighted by Gasteiger charge is 2.09. The molecule has 0 unspecified atom stereocenters. The molecule has 0 radical (unpaired) electrons. The summed E-state index contributed by atoms with van der Waals surface area (Å²) in [5, 5.41) is 8.16. The molecule has 0 aliphatic rings. The van der Waals surface area contributed by atoms with E-state index in [4.69, 9.17) is 21.6 Å². The van der Waals surface area contributed by atoms with Gasteiger partial charge in [0.1, 0.15) is 5.75 Å². The first-order chi connectivity index (χ1) is 8.61. The van der Waals surface area contributed by atoms with E-state index < -0.39 is 0 Å². The Hall–Kier alpha value is -2.49. The molecule has 0 saturated carbocycles. The summed E-state index contributed by atoms with van der Waals surface area (Å²) in [6.07, 6.45) is 0. The summed E-state index contributed by atoms with van der Waals surface area (Å²) >= 11 is 0.